The van der Waals surface area contributed by atoms with E-state index in [2.05, 4.69) is 33.2 Å². The number of aromatic nitrogens is 3. The third-order valence-electron chi connectivity index (χ3n) is 14.4. The summed E-state index contributed by atoms with van der Waals surface area (Å²) in [5.74, 6) is 3.73. The highest BCUT2D eigenvalue weighted by Gasteiger charge is 2.51. The fourth-order valence-electron chi connectivity index (χ4n) is 11.2. The molecule has 1 aromatic carbocycles. The molecule has 3 amide bonds. The lowest BCUT2D eigenvalue weighted by atomic mass is 9.68. The van der Waals surface area contributed by atoms with Gasteiger partial charge in [0.15, 0.2) is 11.6 Å². The molecule has 58 heavy (non-hydrogen) atoms. The van der Waals surface area contributed by atoms with Gasteiger partial charge in [0.2, 0.25) is 17.7 Å². The molecular weight excluding hydrogens is 747 g/mol. The van der Waals surface area contributed by atoms with E-state index in [1.54, 1.807) is 0 Å². The molecule has 2 aliphatic heterocycles. The molecule has 6 atom stereocenters. The number of rotatable bonds is 14. The minimum absolute atomic E-state index is 0.0354. The Kier molecular flexibility index (Phi) is 13.4. The summed E-state index contributed by atoms with van der Waals surface area (Å²) in [5.41, 5.74) is 9.07. The quantitative estimate of drug-likeness (QED) is 0.112. The van der Waals surface area contributed by atoms with Crippen molar-refractivity contribution < 1.29 is 19.2 Å². The van der Waals surface area contributed by atoms with E-state index in [1.165, 1.54) is 68.0 Å². The standard InChI is InChI=1S/C46H65N7O4S/c1-2-3-17-37-51-41-42(33-15-9-10-16-34(33)50-44(41)47)52(37)25-12-11-24-48-45(56)32-20-18-29(19-21-32)27-53-38(54)26-36(46(53)57)58-28-35-43(55)39-30-13-7-5-4-6-8-14-31(23-22-30)40(39)49-35/h9-10,15-16,29-32,35-36,39-40,49H,2-8,11-14,17-28H2,1H3,(H2,47,50)(H,48,56). The van der Waals surface area contributed by atoms with E-state index in [-0.39, 0.29) is 54.0 Å². The predicted molar refractivity (Wildman–Crippen MR) is 231 cm³/mol. The molecule has 4 N–H and O–H groups in total. The number of nitrogens with zero attached hydrogens (tertiary/aromatic N) is 4. The highest BCUT2D eigenvalue weighted by atomic mass is 32.2. The number of carbonyl (C=O) groups is 4. The maximum Gasteiger partial charge on any atom is 0.242 e. The van der Waals surface area contributed by atoms with Crippen molar-refractivity contribution in [2.24, 2.45) is 29.6 Å². The third kappa shape index (κ3) is 8.84. The highest BCUT2D eigenvalue weighted by Crippen LogP contribution is 2.44. The van der Waals surface area contributed by atoms with Crippen molar-refractivity contribution in [2.45, 2.75) is 153 Å². The summed E-state index contributed by atoms with van der Waals surface area (Å²) in [6, 6.07) is 8.16. The Bertz CT molecular complexity index is 1950. The monoisotopic (exact) mass is 811 g/mol. The first-order valence-corrected chi connectivity index (χ1v) is 23.9. The zero-order chi connectivity index (χ0) is 40.2. The molecule has 3 aromatic rings. The van der Waals surface area contributed by atoms with Crippen LogP contribution in [0.2, 0.25) is 0 Å². The minimum atomic E-state index is -0.408. The molecule has 3 saturated carbocycles. The molecule has 8 rings (SSSR count). The van der Waals surface area contributed by atoms with Gasteiger partial charge in [0, 0.05) is 61.5 Å². The van der Waals surface area contributed by atoms with Crippen molar-refractivity contribution in [3.8, 4) is 0 Å². The number of imidazole rings is 1. The number of carbonyl (C=O) groups excluding carboxylic acids is 4. The van der Waals surface area contributed by atoms with Gasteiger partial charge < -0.3 is 20.9 Å². The zero-order valence-corrected chi connectivity index (χ0v) is 35.4. The lowest BCUT2D eigenvalue weighted by molar-refractivity contribution is -0.139. The van der Waals surface area contributed by atoms with Crippen molar-refractivity contribution in [1.82, 2.24) is 30.1 Å². The van der Waals surface area contributed by atoms with Crippen molar-refractivity contribution in [1.29, 1.82) is 0 Å². The molecule has 2 aromatic heterocycles. The number of para-hydroxylation sites is 1. The number of Topliss-reactive ketones (excluding diaryl/α,β-unsaturated/α-hetero) is 1. The molecule has 0 spiro atoms. The van der Waals surface area contributed by atoms with Crippen LogP contribution in [-0.4, -0.2) is 79.1 Å². The summed E-state index contributed by atoms with van der Waals surface area (Å²) in [6.45, 7) is 4.06. The molecule has 0 radical (unpaired) electrons. The number of nitrogens with two attached hydrogens (primary N) is 1. The predicted octanol–water partition coefficient (Wildman–Crippen LogP) is 7.37. The Morgan fingerprint density at radius 1 is 0.914 bits per heavy atom. The van der Waals surface area contributed by atoms with Gasteiger partial charge in [-0.25, -0.2) is 9.97 Å². The summed E-state index contributed by atoms with van der Waals surface area (Å²) < 4.78 is 2.32. The van der Waals surface area contributed by atoms with Gasteiger partial charge in [0.05, 0.1) is 22.3 Å². The maximum absolute atomic E-state index is 13.8. The van der Waals surface area contributed by atoms with Crippen LogP contribution >= 0.6 is 11.8 Å². The smallest absolute Gasteiger partial charge is 0.242 e. The number of imide groups is 1. The number of nitrogen functional groups attached to an aromatic ring is 1. The number of amides is 3. The van der Waals surface area contributed by atoms with E-state index in [1.807, 2.05) is 18.2 Å². The second-order valence-electron chi connectivity index (χ2n) is 18.2. The minimum Gasteiger partial charge on any atom is -0.382 e. The number of unbranched alkanes of at least 4 members (excludes halogenated alkanes) is 2. The van der Waals surface area contributed by atoms with Gasteiger partial charge in [-0.15, -0.1) is 11.8 Å². The molecular formula is C46H65N7O4S. The SMILES string of the molecule is CCCCc1nc2c(N)nc3ccccc3c2n1CCCCNC(=O)C1CCC(CN2C(=O)CC(SCC3NC4C5CCCCCCCC(CC5)C4C3=O)C2=O)CC1. The summed E-state index contributed by atoms with van der Waals surface area (Å²) in [5, 5.41) is 7.63. The Morgan fingerprint density at radius 3 is 2.48 bits per heavy atom. The van der Waals surface area contributed by atoms with E-state index >= 15 is 0 Å². The molecule has 5 aliphatic rings. The number of benzene rings is 1. The van der Waals surface area contributed by atoms with Crippen LogP contribution in [0.15, 0.2) is 24.3 Å². The fraction of sp³-hybridized carbons (Fsp3) is 0.696. The zero-order valence-electron chi connectivity index (χ0n) is 34.6. The Morgan fingerprint density at radius 2 is 1.67 bits per heavy atom. The number of fused-ring (bicyclic) bond motifs is 3. The van der Waals surface area contributed by atoms with Gasteiger partial charge in [-0.1, -0.05) is 63.6 Å². The molecule has 2 saturated heterocycles. The van der Waals surface area contributed by atoms with E-state index in [9.17, 15) is 19.2 Å². The van der Waals surface area contributed by atoms with Gasteiger partial charge in [0.25, 0.3) is 0 Å². The summed E-state index contributed by atoms with van der Waals surface area (Å²) in [4.78, 5) is 64.8. The maximum atomic E-state index is 13.8. The van der Waals surface area contributed by atoms with Crippen LogP contribution in [0.3, 0.4) is 0 Å². The number of aryl methyl sites for hydroxylation is 2. The number of nitrogens with one attached hydrogen (secondary N) is 2. The Labute approximate surface area is 348 Å². The van der Waals surface area contributed by atoms with Crippen LogP contribution in [0.4, 0.5) is 5.82 Å². The van der Waals surface area contributed by atoms with Gasteiger partial charge >= 0.3 is 0 Å². The second kappa shape index (κ2) is 18.8. The largest absolute Gasteiger partial charge is 0.382 e. The Hall–Kier alpha value is -3.51. The molecule has 6 unspecified atom stereocenters. The molecule has 4 heterocycles. The van der Waals surface area contributed by atoms with Gasteiger partial charge in [0.1, 0.15) is 11.3 Å². The average Bonchev–Trinajstić information content (AvgIpc) is 3.84. The van der Waals surface area contributed by atoms with Gasteiger partial charge in [-0.2, -0.15) is 0 Å². The number of ketones is 1. The van der Waals surface area contributed by atoms with Crippen LogP contribution in [0.1, 0.15) is 128 Å². The van der Waals surface area contributed by atoms with Crippen LogP contribution in [0.5, 0.6) is 0 Å². The second-order valence-corrected chi connectivity index (χ2v) is 19.4. The number of hydrogen-bond donors (Lipinski definition) is 3. The van der Waals surface area contributed by atoms with Crippen LogP contribution in [0, 0.1) is 29.6 Å². The van der Waals surface area contributed by atoms with Crippen molar-refractivity contribution in [3.63, 3.8) is 0 Å². The molecule has 3 aliphatic carbocycles. The molecule has 314 valence electrons. The average molecular weight is 812 g/mol. The molecule has 11 nitrogen and oxygen atoms in total. The van der Waals surface area contributed by atoms with Gasteiger partial charge in [-0.3, -0.25) is 24.1 Å². The van der Waals surface area contributed by atoms with Crippen molar-refractivity contribution >= 4 is 63.0 Å². The van der Waals surface area contributed by atoms with E-state index in [0.717, 1.165) is 98.5 Å². The Balaban J connectivity index is 0.770. The van der Waals surface area contributed by atoms with Crippen LogP contribution < -0.4 is 16.4 Å². The fourth-order valence-corrected chi connectivity index (χ4v) is 12.4. The van der Waals surface area contributed by atoms with Crippen molar-refractivity contribution in [3.05, 3.63) is 30.1 Å². The summed E-state index contributed by atoms with van der Waals surface area (Å²) >= 11 is 1.51. The van der Waals surface area contributed by atoms with Crippen LogP contribution in [-0.2, 0) is 32.1 Å². The lowest BCUT2D eigenvalue weighted by Crippen LogP contribution is -2.44. The van der Waals surface area contributed by atoms with Crippen molar-refractivity contribution in [2.75, 3.05) is 24.6 Å². The molecule has 5 fully saturated rings. The van der Waals surface area contributed by atoms with Crippen LogP contribution in [0.25, 0.3) is 21.9 Å². The normalized spacial score (nSPS) is 29.3. The number of anilines is 1. The first-order chi connectivity index (χ1) is 28.3. The van der Waals surface area contributed by atoms with Gasteiger partial charge in [-0.05, 0) is 94.4 Å². The summed E-state index contributed by atoms with van der Waals surface area (Å²) in [7, 11) is 0. The third-order valence-corrected chi connectivity index (χ3v) is 15.7. The molecule has 2 bridgehead atoms. The topological polar surface area (TPSA) is 152 Å². The van der Waals surface area contributed by atoms with E-state index in [4.69, 9.17) is 10.7 Å². The van der Waals surface area contributed by atoms with E-state index < -0.39 is 5.25 Å². The molecule has 12 heteroatoms. The summed E-state index contributed by atoms with van der Waals surface area (Å²) in [6.07, 6.45) is 19.4. The number of hydrogen-bond acceptors (Lipinski definition) is 9. The van der Waals surface area contributed by atoms with E-state index in [0.29, 0.717) is 42.3 Å². The first kappa shape index (κ1) is 41.2. The first-order valence-electron chi connectivity index (χ1n) is 22.9. The number of thioether (sulfide) groups is 1. The lowest BCUT2D eigenvalue weighted by Gasteiger charge is -2.38. The number of pyridine rings is 1. The number of likely N-dealkylation sites (tertiary alicyclic amines) is 1. The highest BCUT2D eigenvalue weighted by molar-refractivity contribution is 8.00.